The van der Waals surface area contributed by atoms with Crippen molar-refractivity contribution >= 4 is 23.5 Å². The number of hydrogen-bond donors (Lipinski definition) is 2. The van der Waals surface area contributed by atoms with E-state index in [9.17, 15) is 13.6 Å². The van der Waals surface area contributed by atoms with E-state index in [-0.39, 0.29) is 12.1 Å². The van der Waals surface area contributed by atoms with Crippen LogP contribution in [0.25, 0.3) is 0 Å². The fourth-order valence-corrected chi connectivity index (χ4v) is 2.26. The van der Waals surface area contributed by atoms with Crippen LogP contribution in [0.1, 0.15) is 19.3 Å². The summed E-state index contributed by atoms with van der Waals surface area (Å²) in [7, 11) is 0. The summed E-state index contributed by atoms with van der Waals surface area (Å²) in [6.45, 7) is 0. The Morgan fingerprint density at radius 1 is 1.33 bits per heavy atom. The average Bonchev–Trinajstić information content (AvgIpc) is 2.26. The molecule has 98 valence electrons. The number of para-hydroxylation sites is 1. The van der Waals surface area contributed by atoms with Gasteiger partial charge in [-0.05, 0) is 31.4 Å². The highest BCUT2D eigenvalue weighted by atomic mass is 32.2. The summed E-state index contributed by atoms with van der Waals surface area (Å²) in [5.74, 6) is -2.50. The van der Waals surface area contributed by atoms with E-state index in [1.807, 2.05) is 0 Å². The number of thioether (sulfide) groups is 1. The number of halogens is 2. The minimum atomic E-state index is -2.50. The standard InChI is InChI=1S/C12H14F2N2OS/c13-11(14)18-10-7-2-1-6-9(10)16-12(17)15-8-4-3-5-8/h1-2,6-8,11H,3-5H2,(H2,15,16,17). The molecule has 6 heteroatoms. The molecule has 0 aliphatic heterocycles. The molecule has 1 aliphatic carbocycles. The molecular weight excluding hydrogens is 258 g/mol. The predicted molar refractivity (Wildman–Crippen MR) is 68.1 cm³/mol. The molecule has 0 saturated heterocycles. The Morgan fingerprint density at radius 3 is 2.67 bits per heavy atom. The summed E-state index contributed by atoms with van der Waals surface area (Å²) in [6.07, 6.45) is 3.10. The number of amides is 2. The maximum atomic E-state index is 12.3. The van der Waals surface area contributed by atoms with Gasteiger partial charge < -0.3 is 10.6 Å². The van der Waals surface area contributed by atoms with Crippen molar-refractivity contribution < 1.29 is 13.6 Å². The van der Waals surface area contributed by atoms with Crippen LogP contribution in [0.15, 0.2) is 29.2 Å². The zero-order valence-electron chi connectivity index (χ0n) is 9.66. The van der Waals surface area contributed by atoms with Crippen LogP contribution in [0.5, 0.6) is 0 Å². The molecule has 2 rings (SSSR count). The Labute approximate surface area is 108 Å². The van der Waals surface area contributed by atoms with E-state index in [0.29, 0.717) is 22.3 Å². The van der Waals surface area contributed by atoms with Crippen LogP contribution < -0.4 is 10.6 Å². The number of carbonyl (C=O) groups excluding carboxylic acids is 1. The van der Waals surface area contributed by atoms with Gasteiger partial charge in [-0.2, -0.15) is 8.78 Å². The van der Waals surface area contributed by atoms with Crippen molar-refractivity contribution in [1.82, 2.24) is 5.32 Å². The fourth-order valence-electron chi connectivity index (χ4n) is 1.67. The minimum Gasteiger partial charge on any atom is -0.335 e. The number of nitrogens with one attached hydrogen (secondary N) is 2. The van der Waals surface area contributed by atoms with E-state index < -0.39 is 5.76 Å². The maximum absolute atomic E-state index is 12.3. The lowest BCUT2D eigenvalue weighted by molar-refractivity contribution is 0.240. The van der Waals surface area contributed by atoms with E-state index in [0.717, 1.165) is 19.3 Å². The monoisotopic (exact) mass is 272 g/mol. The third kappa shape index (κ3) is 3.60. The van der Waals surface area contributed by atoms with Crippen LogP contribution in [0.4, 0.5) is 19.3 Å². The number of carbonyl (C=O) groups is 1. The fraction of sp³-hybridized carbons (Fsp3) is 0.417. The molecule has 0 spiro atoms. The molecule has 3 nitrogen and oxygen atoms in total. The lowest BCUT2D eigenvalue weighted by Crippen LogP contribution is -2.41. The second-order valence-corrected chi connectivity index (χ2v) is 5.13. The molecule has 2 N–H and O–H groups in total. The molecule has 0 unspecified atom stereocenters. The Kier molecular flexibility index (Phi) is 4.41. The number of anilines is 1. The largest absolute Gasteiger partial charge is 0.335 e. The second kappa shape index (κ2) is 6.04. The Hall–Kier alpha value is -1.30. The number of rotatable bonds is 4. The van der Waals surface area contributed by atoms with Gasteiger partial charge in [0.25, 0.3) is 5.76 Å². The minimum absolute atomic E-state index is 0.222. The van der Waals surface area contributed by atoms with E-state index in [4.69, 9.17) is 0 Å². The lowest BCUT2D eigenvalue weighted by Gasteiger charge is -2.26. The normalized spacial score (nSPS) is 15.3. The van der Waals surface area contributed by atoms with Gasteiger partial charge in [-0.3, -0.25) is 0 Å². The Balaban J connectivity index is 1.96. The molecule has 1 fully saturated rings. The van der Waals surface area contributed by atoms with E-state index in [1.165, 1.54) is 0 Å². The number of hydrogen-bond acceptors (Lipinski definition) is 2. The van der Waals surface area contributed by atoms with Gasteiger partial charge in [-0.25, -0.2) is 4.79 Å². The van der Waals surface area contributed by atoms with Crippen molar-refractivity contribution in [3.8, 4) is 0 Å². The highest BCUT2D eigenvalue weighted by molar-refractivity contribution is 7.99. The highest BCUT2D eigenvalue weighted by Gasteiger charge is 2.20. The molecule has 1 aliphatic rings. The summed E-state index contributed by atoms with van der Waals surface area (Å²) in [5, 5.41) is 5.41. The van der Waals surface area contributed by atoms with Gasteiger partial charge in [-0.1, -0.05) is 23.9 Å². The molecule has 0 atom stereocenters. The van der Waals surface area contributed by atoms with Crippen LogP contribution in [0.2, 0.25) is 0 Å². The average molecular weight is 272 g/mol. The molecular formula is C12H14F2N2OS. The van der Waals surface area contributed by atoms with Crippen molar-refractivity contribution in [2.45, 2.75) is 36.0 Å². The van der Waals surface area contributed by atoms with Gasteiger partial charge in [0.1, 0.15) is 0 Å². The van der Waals surface area contributed by atoms with Gasteiger partial charge in [0, 0.05) is 10.9 Å². The van der Waals surface area contributed by atoms with Crippen molar-refractivity contribution in [1.29, 1.82) is 0 Å². The van der Waals surface area contributed by atoms with Gasteiger partial charge in [0.05, 0.1) is 5.69 Å². The third-order valence-electron chi connectivity index (χ3n) is 2.79. The number of benzene rings is 1. The van der Waals surface area contributed by atoms with E-state index in [1.54, 1.807) is 24.3 Å². The maximum Gasteiger partial charge on any atom is 0.319 e. The lowest BCUT2D eigenvalue weighted by atomic mass is 9.93. The first-order chi connectivity index (χ1) is 8.65. The second-order valence-electron chi connectivity index (χ2n) is 4.10. The van der Waals surface area contributed by atoms with Crippen LogP contribution >= 0.6 is 11.8 Å². The van der Waals surface area contributed by atoms with Crippen LogP contribution in [0.3, 0.4) is 0 Å². The van der Waals surface area contributed by atoms with Crippen molar-refractivity contribution in [3.63, 3.8) is 0 Å². The SMILES string of the molecule is O=C(Nc1ccccc1SC(F)F)NC1CCC1. The third-order valence-corrected chi connectivity index (χ3v) is 3.58. The van der Waals surface area contributed by atoms with Crippen molar-refractivity contribution in [3.05, 3.63) is 24.3 Å². The van der Waals surface area contributed by atoms with Gasteiger partial charge in [0.15, 0.2) is 0 Å². The van der Waals surface area contributed by atoms with E-state index in [2.05, 4.69) is 10.6 Å². The van der Waals surface area contributed by atoms with Crippen molar-refractivity contribution in [2.24, 2.45) is 0 Å². The molecule has 0 heterocycles. The smallest absolute Gasteiger partial charge is 0.319 e. The Bertz CT molecular complexity index is 424. The summed E-state index contributed by atoms with van der Waals surface area (Å²) in [4.78, 5) is 12.0. The molecule has 0 radical (unpaired) electrons. The predicted octanol–water partition coefficient (Wildman–Crippen LogP) is 3.68. The molecule has 1 aromatic rings. The van der Waals surface area contributed by atoms with Gasteiger partial charge in [-0.15, -0.1) is 0 Å². The first-order valence-electron chi connectivity index (χ1n) is 5.76. The van der Waals surface area contributed by atoms with Crippen molar-refractivity contribution in [2.75, 3.05) is 5.32 Å². The Morgan fingerprint density at radius 2 is 2.06 bits per heavy atom. The summed E-state index contributed by atoms with van der Waals surface area (Å²) < 4.78 is 24.7. The first-order valence-corrected chi connectivity index (χ1v) is 6.64. The highest BCUT2D eigenvalue weighted by Crippen LogP contribution is 2.31. The van der Waals surface area contributed by atoms with Crippen LogP contribution in [-0.2, 0) is 0 Å². The van der Waals surface area contributed by atoms with Crippen LogP contribution in [0, 0.1) is 0 Å². The quantitative estimate of drug-likeness (QED) is 0.821. The summed E-state index contributed by atoms with van der Waals surface area (Å²) in [5.41, 5.74) is 0.416. The number of alkyl halides is 2. The van der Waals surface area contributed by atoms with E-state index >= 15 is 0 Å². The molecule has 1 aromatic carbocycles. The van der Waals surface area contributed by atoms with Gasteiger partial charge in [0.2, 0.25) is 0 Å². The topological polar surface area (TPSA) is 41.1 Å². The molecule has 18 heavy (non-hydrogen) atoms. The van der Waals surface area contributed by atoms with Gasteiger partial charge >= 0.3 is 6.03 Å². The van der Waals surface area contributed by atoms with Crippen LogP contribution in [-0.4, -0.2) is 17.8 Å². The molecule has 0 bridgehead atoms. The number of urea groups is 1. The summed E-state index contributed by atoms with van der Waals surface area (Å²) >= 11 is 0.430. The zero-order valence-corrected chi connectivity index (χ0v) is 10.5. The molecule has 1 saturated carbocycles. The molecule has 2 amide bonds. The summed E-state index contributed by atoms with van der Waals surface area (Å²) in [6, 6.07) is 6.44. The first kappa shape index (κ1) is 13.1. The molecule has 0 aromatic heterocycles. The zero-order chi connectivity index (χ0) is 13.0.